The molecule has 0 bridgehead atoms. The molecule has 3 aromatic rings. The normalized spacial score (nSPS) is 11.3. The average molecular weight is 281 g/mol. The lowest BCUT2D eigenvalue weighted by atomic mass is 10.1. The molecule has 0 aliphatic heterocycles. The number of ether oxygens (including phenoxy) is 1. The van der Waals surface area contributed by atoms with Crippen LogP contribution in [0.15, 0.2) is 51.7 Å². The van der Waals surface area contributed by atoms with Crippen LogP contribution in [0.5, 0.6) is 5.75 Å². The van der Waals surface area contributed by atoms with E-state index < -0.39 is 0 Å². The zero-order chi connectivity index (χ0) is 14.8. The van der Waals surface area contributed by atoms with Crippen LogP contribution in [0.4, 0.5) is 0 Å². The second-order valence-corrected chi connectivity index (χ2v) is 4.76. The molecule has 4 heteroatoms. The van der Waals surface area contributed by atoms with Crippen LogP contribution in [0, 0.1) is 0 Å². The molecule has 3 rings (SSSR count). The number of nitrogens with zero attached hydrogens (tertiary/aromatic N) is 1. The van der Waals surface area contributed by atoms with E-state index in [1.165, 1.54) is 4.57 Å². The molecule has 0 fully saturated rings. The third-order valence-electron chi connectivity index (χ3n) is 3.40. The molecule has 106 valence electrons. The van der Waals surface area contributed by atoms with Gasteiger partial charge in [-0.2, -0.15) is 0 Å². The Bertz CT molecular complexity index is 854. The van der Waals surface area contributed by atoms with Gasteiger partial charge in [-0.15, -0.1) is 0 Å². The van der Waals surface area contributed by atoms with Crippen LogP contribution in [0.25, 0.3) is 23.3 Å². The highest BCUT2D eigenvalue weighted by Gasteiger charge is 2.05. The molecule has 1 aromatic heterocycles. The maximum Gasteiger partial charge on any atom is 0.419 e. The number of methoxy groups -OCH3 is 1. The van der Waals surface area contributed by atoms with E-state index in [1.54, 1.807) is 14.2 Å². The summed E-state index contributed by atoms with van der Waals surface area (Å²) in [6.45, 7) is 0. The quantitative estimate of drug-likeness (QED) is 0.692. The monoisotopic (exact) mass is 281 g/mol. The predicted molar refractivity (Wildman–Crippen MR) is 83.4 cm³/mol. The Morgan fingerprint density at radius 2 is 1.71 bits per heavy atom. The van der Waals surface area contributed by atoms with Gasteiger partial charge in [0.1, 0.15) is 5.75 Å². The molecule has 0 aliphatic carbocycles. The van der Waals surface area contributed by atoms with Crippen LogP contribution in [0.2, 0.25) is 0 Å². The minimum atomic E-state index is -0.346. The number of oxazole rings is 1. The van der Waals surface area contributed by atoms with Gasteiger partial charge in [0.05, 0.1) is 12.6 Å². The lowest BCUT2D eigenvalue weighted by Crippen LogP contribution is -2.08. The van der Waals surface area contributed by atoms with E-state index in [0.717, 1.165) is 22.4 Å². The van der Waals surface area contributed by atoms with Gasteiger partial charge in [0.25, 0.3) is 0 Å². The van der Waals surface area contributed by atoms with Gasteiger partial charge in [-0.1, -0.05) is 30.4 Å². The number of hydrogen-bond acceptors (Lipinski definition) is 3. The Balaban J connectivity index is 1.91. The van der Waals surface area contributed by atoms with Crippen LogP contribution >= 0.6 is 0 Å². The van der Waals surface area contributed by atoms with Gasteiger partial charge in [-0.25, -0.2) is 4.79 Å². The van der Waals surface area contributed by atoms with Gasteiger partial charge in [0, 0.05) is 7.05 Å². The second kappa shape index (κ2) is 5.32. The molecular formula is C17H15NO3. The van der Waals surface area contributed by atoms with Gasteiger partial charge in [0.2, 0.25) is 0 Å². The first-order valence-corrected chi connectivity index (χ1v) is 6.59. The molecule has 0 atom stereocenters. The first-order chi connectivity index (χ1) is 10.2. The van der Waals surface area contributed by atoms with Crippen LogP contribution in [-0.2, 0) is 7.05 Å². The number of hydrogen-bond donors (Lipinski definition) is 0. The standard InChI is InChI=1S/C17H15NO3/c1-18-15-11-13(7-10-16(15)21-17(18)19)4-3-12-5-8-14(20-2)9-6-12/h3-11H,1-2H3/b4-3-. The summed E-state index contributed by atoms with van der Waals surface area (Å²) in [7, 11) is 3.35. The Morgan fingerprint density at radius 1 is 1.05 bits per heavy atom. The Kier molecular flexibility index (Phi) is 3.36. The third kappa shape index (κ3) is 2.60. The van der Waals surface area contributed by atoms with Crippen molar-refractivity contribution < 1.29 is 9.15 Å². The number of rotatable bonds is 3. The lowest BCUT2D eigenvalue weighted by Gasteiger charge is -1.99. The van der Waals surface area contributed by atoms with Gasteiger partial charge >= 0.3 is 5.76 Å². The van der Waals surface area contributed by atoms with Crippen molar-refractivity contribution in [3.05, 3.63) is 64.1 Å². The highest BCUT2D eigenvalue weighted by molar-refractivity contribution is 5.79. The minimum absolute atomic E-state index is 0.346. The van der Waals surface area contributed by atoms with Crippen molar-refractivity contribution in [3.63, 3.8) is 0 Å². The fraction of sp³-hybridized carbons (Fsp3) is 0.118. The van der Waals surface area contributed by atoms with Crippen LogP contribution in [-0.4, -0.2) is 11.7 Å². The summed E-state index contributed by atoms with van der Waals surface area (Å²) in [4.78, 5) is 11.5. The summed E-state index contributed by atoms with van der Waals surface area (Å²) in [5, 5.41) is 0. The van der Waals surface area contributed by atoms with Crippen LogP contribution in [0.3, 0.4) is 0 Å². The van der Waals surface area contributed by atoms with E-state index in [-0.39, 0.29) is 5.76 Å². The number of aryl methyl sites for hydroxylation is 1. The van der Waals surface area contributed by atoms with Crippen molar-refractivity contribution >= 4 is 23.3 Å². The van der Waals surface area contributed by atoms with Crippen molar-refractivity contribution in [2.75, 3.05) is 7.11 Å². The number of aromatic nitrogens is 1. The van der Waals surface area contributed by atoms with Crippen molar-refractivity contribution in [3.8, 4) is 5.75 Å². The van der Waals surface area contributed by atoms with E-state index in [0.29, 0.717) is 5.58 Å². The molecule has 2 aromatic carbocycles. The van der Waals surface area contributed by atoms with Crippen molar-refractivity contribution in [2.24, 2.45) is 7.05 Å². The summed E-state index contributed by atoms with van der Waals surface area (Å²) in [6.07, 6.45) is 4.01. The third-order valence-corrected chi connectivity index (χ3v) is 3.40. The predicted octanol–water partition coefficient (Wildman–Crippen LogP) is 3.31. The first kappa shape index (κ1) is 13.2. The summed E-state index contributed by atoms with van der Waals surface area (Å²) < 4.78 is 11.7. The molecule has 0 N–H and O–H groups in total. The van der Waals surface area contributed by atoms with Gasteiger partial charge < -0.3 is 9.15 Å². The zero-order valence-electron chi connectivity index (χ0n) is 11.9. The van der Waals surface area contributed by atoms with Crippen LogP contribution in [0.1, 0.15) is 11.1 Å². The molecule has 4 nitrogen and oxygen atoms in total. The van der Waals surface area contributed by atoms with Crippen molar-refractivity contribution in [1.29, 1.82) is 0 Å². The largest absolute Gasteiger partial charge is 0.497 e. The topological polar surface area (TPSA) is 44.4 Å². The Labute approximate surface area is 121 Å². The van der Waals surface area contributed by atoms with Gasteiger partial charge in [-0.05, 0) is 35.4 Å². The molecule has 0 aliphatic rings. The molecule has 0 saturated carbocycles. The molecule has 0 amide bonds. The minimum Gasteiger partial charge on any atom is -0.497 e. The van der Waals surface area contributed by atoms with E-state index in [4.69, 9.17) is 9.15 Å². The lowest BCUT2D eigenvalue weighted by molar-refractivity contribution is 0.415. The maximum absolute atomic E-state index is 11.5. The zero-order valence-corrected chi connectivity index (χ0v) is 11.9. The molecule has 0 radical (unpaired) electrons. The summed E-state index contributed by atoms with van der Waals surface area (Å²) in [5.74, 6) is 0.489. The summed E-state index contributed by atoms with van der Waals surface area (Å²) in [5.41, 5.74) is 3.48. The van der Waals surface area contributed by atoms with E-state index in [1.807, 2.05) is 54.6 Å². The van der Waals surface area contributed by atoms with E-state index in [9.17, 15) is 4.79 Å². The van der Waals surface area contributed by atoms with E-state index >= 15 is 0 Å². The fourth-order valence-corrected chi connectivity index (χ4v) is 2.15. The van der Waals surface area contributed by atoms with Crippen molar-refractivity contribution in [2.45, 2.75) is 0 Å². The number of benzene rings is 2. The van der Waals surface area contributed by atoms with Gasteiger partial charge in [-0.3, -0.25) is 4.57 Å². The first-order valence-electron chi connectivity index (χ1n) is 6.59. The van der Waals surface area contributed by atoms with Crippen molar-refractivity contribution in [1.82, 2.24) is 4.57 Å². The highest BCUT2D eigenvalue weighted by atomic mass is 16.5. The second-order valence-electron chi connectivity index (χ2n) is 4.76. The molecular weight excluding hydrogens is 266 g/mol. The maximum atomic E-state index is 11.5. The average Bonchev–Trinajstić information content (AvgIpc) is 2.80. The Morgan fingerprint density at radius 3 is 2.43 bits per heavy atom. The SMILES string of the molecule is COc1ccc(/C=C\c2ccc3oc(=O)n(C)c3c2)cc1. The fourth-order valence-electron chi connectivity index (χ4n) is 2.15. The molecule has 1 heterocycles. The molecule has 0 unspecified atom stereocenters. The highest BCUT2D eigenvalue weighted by Crippen LogP contribution is 2.17. The molecule has 0 saturated heterocycles. The van der Waals surface area contributed by atoms with Crippen LogP contribution < -0.4 is 10.5 Å². The van der Waals surface area contributed by atoms with Gasteiger partial charge in [0.15, 0.2) is 5.58 Å². The molecule has 21 heavy (non-hydrogen) atoms. The summed E-state index contributed by atoms with van der Waals surface area (Å²) in [6, 6.07) is 13.5. The Hall–Kier alpha value is -2.75. The molecule has 0 spiro atoms. The smallest absolute Gasteiger partial charge is 0.419 e. The van der Waals surface area contributed by atoms with E-state index in [2.05, 4.69) is 0 Å². The number of fused-ring (bicyclic) bond motifs is 1. The summed E-state index contributed by atoms with van der Waals surface area (Å²) >= 11 is 0.